The minimum Gasteiger partial charge on any atom is -0.309 e. The summed E-state index contributed by atoms with van der Waals surface area (Å²) in [6.45, 7) is 0. The molecule has 0 saturated carbocycles. The molecule has 0 radical (unpaired) electrons. The lowest BCUT2D eigenvalue weighted by atomic mass is 10.0. The van der Waals surface area contributed by atoms with Crippen LogP contribution in [0.4, 0.5) is 17.1 Å². The number of anilines is 3. The van der Waals surface area contributed by atoms with Crippen LogP contribution in [0.1, 0.15) is 0 Å². The molecule has 0 heterocycles. The number of benzene rings is 4. The lowest BCUT2D eigenvalue weighted by molar-refractivity contribution is 1.28. The average molecular weight is 390 g/mol. The third-order valence-electron chi connectivity index (χ3n) is 4.42. The van der Waals surface area contributed by atoms with Gasteiger partial charge in [-0.3, -0.25) is 0 Å². The number of hydrogen-bond acceptors (Lipinski definition) is 1. The van der Waals surface area contributed by atoms with E-state index in [1.807, 2.05) is 48.5 Å². The van der Waals surface area contributed by atoms with E-state index >= 15 is 0 Å². The Morgan fingerprint density at radius 2 is 1.04 bits per heavy atom. The van der Waals surface area contributed by atoms with Crippen molar-refractivity contribution >= 4 is 40.3 Å². The van der Waals surface area contributed by atoms with E-state index in [0.717, 1.165) is 17.1 Å². The van der Waals surface area contributed by atoms with Gasteiger partial charge in [-0.1, -0.05) is 89.9 Å². The maximum Gasteiger partial charge on any atom is 0.0832 e. The van der Waals surface area contributed by atoms with Gasteiger partial charge in [0.2, 0.25) is 0 Å². The van der Waals surface area contributed by atoms with Crippen molar-refractivity contribution in [2.75, 3.05) is 4.90 Å². The SMILES string of the molecule is Clc1cccc(N(c2ccccc2)c2ccc(-c3ccccc3)cc2)c1Cl. The minimum absolute atomic E-state index is 0.537. The van der Waals surface area contributed by atoms with E-state index in [4.69, 9.17) is 23.2 Å². The molecule has 4 rings (SSSR count). The van der Waals surface area contributed by atoms with Crippen LogP contribution in [0, 0.1) is 0 Å². The number of nitrogens with zero attached hydrogens (tertiary/aromatic N) is 1. The Morgan fingerprint density at radius 1 is 0.481 bits per heavy atom. The van der Waals surface area contributed by atoms with Gasteiger partial charge >= 0.3 is 0 Å². The first-order chi connectivity index (χ1) is 13.2. The molecule has 0 unspecified atom stereocenters. The van der Waals surface area contributed by atoms with Crippen LogP contribution in [0.25, 0.3) is 11.1 Å². The van der Waals surface area contributed by atoms with E-state index in [1.54, 1.807) is 6.07 Å². The molecular formula is C24H17Cl2N. The summed E-state index contributed by atoms with van der Waals surface area (Å²) >= 11 is 12.8. The van der Waals surface area contributed by atoms with Crippen molar-refractivity contribution in [1.29, 1.82) is 0 Å². The van der Waals surface area contributed by atoms with Gasteiger partial charge in [0, 0.05) is 11.4 Å². The van der Waals surface area contributed by atoms with Gasteiger partial charge in [0.05, 0.1) is 15.7 Å². The van der Waals surface area contributed by atoms with Gasteiger partial charge in [0.25, 0.3) is 0 Å². The molecule has 1 nitrogen and oxygen atoms in total. The van der Waals surface area contributed by atoms with Crippen LogP contribution in [0.3, 0.4) is 0 Å². The molecule has 0 fully saturated rings. The summed E-state index contributed by atoms with van der Waals surface area (Å²) in [5, 5.41) is 1.08. The maximum atomic E-state index is 6.54. The van der Waals surface area contributed by atoms with Crippen LogP contribution < -0.4 is 4.90 Å². The Kier molecular flexibility index (Phi) is 5.15. The maximum absolute atomic E-state index is 6.54. The molecule has 0 aromatic heterocycles. The second-order valence-electron chi connectivity index (χ2n) is 6.16. The van der Waals surface area contributed by atoms with Crippen molar-refractivity contribution in [3.8, 4) is 11.1 Å². The molecule has 0 bridgehead atoms. The fourth-order valence-corrected chi connectivity index (χ4v) is 3.48. The van der Waals surface area contributed by atoms with E-state index in [1.165, 1.54) is 11.1 Å². The van der Waals surface area contributed by atoms with Crippen LogP contribution >= 0.6 is 23.2 Å². The summed E-state index contributed by atoms with van der Waals surface area (Å²) in [4.78, 5) is 2.11. The van der Waals surface area contributed by atoms with Gasteiger partial charge in [-0.2, -0.15) is 0 Å². The highest BCUT2D eigenvalue weighted by Crippen LogP contribution is 2.41. The third kappa shape index (κ3) is 3.71. The summed E-state index contributed by atoms with van der Waals surface area (Å²) in [6, 6.07) is 34.6. The second kappa shape index (κ2) is 7.87. The highest BCUT2D eigenvalue weighted by atomic mass is 35.5. The Hall–Kier alpha value is -2.74. The molecule has 4 aromatic carbocycles. The Balaban J connectivity index is 1.81. The van der Waals surface area contributed by atoms with Crippen molar-refractivity contribution in [3.05, 3.63) is 113 Å². The smallest absolute Gasteiger partial charge is 0.0832 e. The zero-order valence-corrected chi connectivity index (χ0v) is 16.0. The van der Waals surface area contributed by atoms with E-state index in [9.17, 15) is 0 Å². The summed E-state index contributed by atoms with van der Waals surface area (Å²) in [5.41, 5.74) is 5.25. The molecule has 27 heavy (non-hydrogen) atoms. The number of rotatable bonds is 4. The van der Waals surface area contributed by atoms with Crippen LogP contribution in [-0.2, 0) is 0 Å². The van der Waals surface area contributed by atoms with Crippen molar-refractivity contribution in [2.45, 2.75) is 0 Å². The van der Waals surface area contributed by atoms with Crippen molar-refractivity contribution in [3.63, 3.8) is 0 Å². The van der Waals surface area contributed by atoms with Crippen molar-refractivity contribution in [2.24, 2.45) is 0 Å². The normalized spacial score (nSPS) is 10.6. The summed E-state index contributed by atoms with van der Waals surface area (Å²) in [7, 11) is 0. The molecule has 0 aliphatic rings. The van der Waals surface area contributed by atoms with Crippen LogP contribution in [0.5, 0.6) is 0 Å². The summed E-state index contributed by atoms with van der Waals surface area (Å²) in [6.07, 6.45) is 0. The molecule has 0 amide bonds. The summed E-state index contributed by atoms with van der Waals surface area (Å²) < 4.78 is 0. The van der Waals surface area contributed by atoms with Crippen molar-refractivity contribution < 1.29 is 0 Å². The van der Waals surface area contributed by atoms with Gasteiger partial charge in [0.15, 0.2) is 0 Å². The molecule has 0 aliphatic carbocycles. The third-order valence-corrected chi connectivity index (χ3v) is 5.23. The lowest BCUT2D eigenvalue weighted by Crippen LogP contribution is -2.10. The van der Waals surface area contributed by atoms with Gasteiger partial charge in [-0.25, -0.2) is 0 Å². The van der Waals surface area contributed by atoms with Gasteiger partial charge < -0.3 is 4.90 Å². The zero-order valence-electron chi connectivity index (χ0n) is 14.5. The molecule has 0 atom stereocenters. The van der Waals surface area contributed by atoms with Crippen LogP contribution in [0.2, 0.25) is 10.0 Å². The highest BCUT2D eigenvalue weighted by molar-refractivity contribution is 6.43. The largest absolute Gasteiger partial charge is 0.309 e. The molecule has 132 valence electrons. The minimum atomic E-state index is 0.537. The van der Waals surface area contributed by atoms with Crippen LogP contribution in [0.15, 0.2) is 103 Å². The molecule has 0 aliphatic heterocycles. The molecule has 0 saturated heterocycles. The topological polar surface area (TPSA) is 3.24 Å². The molecule has 3 heteroatoms. The Bertz CT molecular complexity index is 1030. The summed E-state index contributed by atoms with van der Waals surface area (Å²) in [5.74, 6) is 0. The van der Waals surface area contributed by atoms with E-state index in [0.29, 0.717) is 10.0 Å². The first-order valence-corrected chi connectivity index (χ1v) is 9.44. The average Bonchev–Trinajstić information content (AvgIpc) is 2.73. The number of hydrogen-bond donors (Lipinski definition) is 0. The van der Waals surface area contributed by atoms with Crippen molar-refractivity contribution in [1.82, 2.24) is 0 Å². The first kappa shape index (κ1) is 17.7. The van der Waals surface area contributed by atoms with E-state index < -0.39 is 0 Å². The second-order valence-corrected chi connectivity index (χ2v) is 6.94. The van der Waals surface area contributed by atoms with Gasteiger partial charge in [-0.15, -0.1) is 0 Å². The fourth-order valence-electron chi connectivity index (χ4n) is 3.10. The monoisotopic (exact) mass is 389 g/mol. The predicted molar refractivity (Wildman–Crippen MR) is 117 cm³/mol. The molecule has 0 spiro atoms. The highest BCUT2D eigenvalue weighted by Gasteiger charge is 2.16. The predicted octanol–water partition coefficient (Wildman–Crippen LogP) is 8.13. The Morgan fingerprint density at radius 3 is 1.70 bits per heavy atom. The van der Waals surface area contributed by atoms with Gasteiger partial charge in [0.1, 0.15) is 0 Å². The lowest BCUT2D eigenvalue weighted by Gasteiger charge is -2.26. The quantitative estimate of drug-likeness (QED) is 0.340. The van der Waals surface area contributed by atoms with Crippen LogP contribution in [-0.4, -0.2) is 0 Å². The fraction of sp³-hybridized carbons (Fsp3) is 0. The Labute approximate surface area is 169 Å². The molecular weight excluding hydrogens is 373 g/mol. The molecule has 4 aromatic rings. The van der Waals surface area contributed by atoms with E-state index in [2.05, 4.69) is 53.4 Å². The first-order valence-electron chi connectivity index (χ1n) is 8.69. The number of para-hydroxylation sites is 1. The zero-order chi connectivity index (χ0) is 18.6. The number of halogens is 2. The standard InChI is InChI=1S/C24H17Cl2N/c25-22-12-7-13-23(24(22)26)27(20-10-5-2-6-11-20)21-16-14-19(15-17-21)18-8-3-1-4-9-18/h1-17H. The van der Waals surface area contributed by atoms with Gasteiger partial charge in [-0.05, 0) is 47.5 Å². The van der Waals surface area contributed by atoms with E-state index in [-0.39, 0.29) is 0 Å². The molecule has 0 N–H and O–H groups in total.